The second-order valence-corrected chi connectivity index (χ2v) is 6.01. The summed E-state index contributed by atoms with van der Waals surface area (Å²) < 4.78 is 6.00. The third kappa shape index (κ3) is 1.34. The topological polar surface area (TPSA) is 29.5 Å². The largest absolute Gasteiger partial charge is 0.373 e. The molecule has 0 aromatic heterocycles. The molecule has 0 N–H and O–H groups in total. The SMILES string of the molecule is O=C1c2ccccc2[C@@H]2[C@H]3CCO[C@H]3c3ccccc3N12. The van der Waals surface area contributed by atoms with Crippen LogP contribution in [0.3, 0.4) is 0 Å². The Morgan fingerprint density at radius 2 is 1.76 bits per heavy atom. The van der Waals surface area contributed by atoms with E-state index in [0.29, 0.717) is 5.92 Å². The van der Waals surface area contributed by atoms with Crippen molar-refractivity contribution in [2.75, 3.05) is 11.5 Å². The molecule has 3 atom stereocenters. The minimum atomic E-state index is 0.126. The summed E-state index contributed by atoms with van der Waals surface area (Å²) in [6.45, 7) is 0.782. The zero-order valence-corrected chi connectivity index (χ0v) is 11.5. The van der Waals surface area contributed by atoms with Gasteiger partial charge in [-0.2, -0.15) is 0 Å². The van der Waals surface area contributed by atoms with Crippen LogP contribution >= 0.6 is 0 Å². The molecule has 0 aliphatic carbocycles. The number of carbonyl (C=O) groups excluding carboxylic acids is 1. The van der Waals surface area contributed by atoms with Crippen LogP contribution in [0.25, 0.3) is 0 Å². The summed E-state index contributed by atoms with van der Waals surface area (Å²) in [5.74, 6) is 0.501. The van der Waals surface area contributed by atoms with Crippen molar-refractivity contribution < 1.29 is 9.53 Å². The Balaban J connectivity index is 1.79. The van der Waals surface area contributed by atoms with E-state index in [1.165, 1.54) is 0 Å². The molecule has 0 spiro atoms. The van der Waals surface area contributed by atoms with Gasteiger partial charge in [-0.3, -0.25) is 4.79 Å². The monoisotopic (exact) mass is 277 g/mol. The summed E-state index contributed by atoms with van der Waals surface area (Å²) in [4.78, 5) is 14.9. The van der Waals surface area contributed by atoms with Crippen LogP contribution in [0.1, 0.15) is 40.1 Å². The van der Waals surface area contributed by atoms with Crippen molar-refractivity contribution in [1.82, 2.24) is 0 Å². The third-order valence-corrected chi connectivity index (χ3v) is 5.05. The number of fused-ring (bicyclic) bond motifs is 8. The lowest BCUT2D eigenvalue weighted by atomic mass is 9.81. The molecule has 3 heterocycles. The Morgan fingerprint density at radius 3 is 2.67 bits per heavy atom. The zero-order chi connectivity index (χ0) is 14.0. The number of amides is 1. The Morgan fingerprint density at radius 1 is 1.00 bits per heavy atom. The second-order valence-electron chi connectivity index (χ2n) is 6.01. The normalized spacial score (nSPS) is 28.9. The molecule has 1 saturated heterocycles. The molecule has 21 heavy (non-hydrogen) atoms. The van der Waals surface area contributed by atoms with Gasteiger partial charge < -0.3 is 9.64 Å². The summed E-state index contributed by atoms with van der Waals surface area (Å²) in [6.07, 6.45) is 1.14. The molecule has 3 nitrogen and oxygen atoms in total. The van der Waals surface area contributed by atoms with E-state index in [1.54, 1.807) is 0 Å². The van der Waals surface area contributed by atoms with Crippen molar-refractivity contribution in [3.05, 3.63) is 65.2 Å². The Labute approximate surface area is 123 Å². The highest BCUT2D eigenvalue weighted by Crippen LogP contribution is 2.56. The summed E-state index contributed by atoms with van der Waals surface area (Å²) in [6, 6.07) is 16.3. The zero-order valence-electron chi connectivity index (χ0n) is 11.5. The maximum Gasteiger partial charge on any atom is 0.259 e. The molecule has 3 aliphatic heterocycles. The summed E-state index contributed by atoms with van der Waals surface area (Å²) >= 11 is 0. The fraction of sp³-hybridized carbons (Fsp3) is 0.278. The van der Waals surface area contributed by atoms with E-state index in [9.17, 15) is 4.79 Å². The van der Waals surface area contributed by atoms with Crippen LogP contribution in [0.15, 0.2) is 48.5 Å². The molecular formula is C18H15NO2. The lowest BCUT2D eigenvalue weighted by Gasteiger charge is -2.39. The molecule has 0 unspecified atom stereocenters. The first-order valence-corrected chi connectivity index (χ1v) is 7.49. The Hall–Kier alpha value is -2.13. The van der Waals surface area contributed by atoms with Gasteiger partial charge in [0.25, 0.3) is 5.91 Å². The summed E-state index contributed by atoms with van der Waals surface area (Å²) in [5.41, 5.74) is 4.20. The van der Waals surface area contributed by atoms with Crippen molar-refractivity contribution in [3.8, 4) is 0 Å². The number of rotatable bonds is 0. The van der Waals surface area contributed by atoms with Crippen LogP contribution in [0, 0.1) is 5.92 Å². The molecule has 5 rings (SSSR count). The van der Waals surface area contributed by atoms with Gasteiger partial charge in [-0.25, -0.2) is 0 Å². The average molecular weight is 277 g/mol. The number of hydrogen-bond donors (Lipinski definition) is 0. The maximum atomic E-state index is 12.9. The molecule has 104 valence electrons. The lowest BCUT2D eigenvalue weighted by Crippen LogP contribution is -2.38. The van der Waals surface area contributed by atoms with Crippen LogP contribution in [0.2, 0.25) is 0 Å². The molecule has 0 saturated carbocycles. The van der Waals surface area contributed by atoms with E-state index >= 15 is 0 Å². The van der Waals surface area contributed by atoms with Gasteiger partial charge in [0.15, 0.2) is 0 Å². The van der Waals surface area contributed by atoms with Crippen molar-refractivity contribution in [1.29, 1.82) is 0 Å². The molecule has 0 radical (unpaired) electrons. The maximum absolute atomic E-state index is 12.9. The standard InChI is InChI=1S/C18H15NO2/c20-18-12-6-2-1-5-11(12)16-14-9-10-21-17(14)13-7-3-4-8-15(13)19(16)18/h1-8,14,16-17H,9-10H2/t14-,16-,17+/m1/s1. The van der Waals surface area contributed by atoms with Gasteiger partial charge in [0.1, 0.15) is 0 Å². The van der Waals surface area contributed by atoms with Crippen LogP contribution in [0.5, 0.6) is 0 Å². The van der Waals surface area contributed by atoms with Crippen LogP contribution in [-0.4, -0.2) is 12.5 Å². The molecule has 1 amide bonds. The van der Waals surface area contributed by atoms with Gasteiger partial charge in [0.05, 0.1) is 17.8 Å². The van der Waals surface area contributed by atoms with Gasteiger partial charge in [0, 0.05) is 23.7 Å². The Kier molecular flexibility index (Phi) is 2.17. The highest BCUT2D eigenvalue weighted by atomic mass is 16.5. The number of hydrogen-bond acceptors (Lipinski definition) is 2. The number of benzene rings is 2. The number of nitrogens with zero attached hydrogens (tertiary/aromatic N) is 1. The van der Waals surface area contributed by atoms with E-state index < -0.39 is 0 Å². The first kappa shape index (κ1) is 11.5. The van der Waals surface area contributed by atoms with Crippen molar-refractivity contribution >= 4 is 11.6 Å². The molecule has 1 fully saturated rings. The molecule has 3 heteroatoms. The van der Waals surface area contributed by atoms with Crippen molar-refractivity contribution in [2.24, 2.45) is 5.92 Å². The smallest absolute Gasteiger partial charge is 0.259 e. The fourth-order valence-corrected chi connectivity index (χ4v) is 4.22. The lowest BCUT2D eigenvalue weighted by molar-refractivity contribution is 0.0761. The van der Waals surface area contributed by atoms with Gasteiger partial charge in [-0.15, -0.1) is 0 Å². The average Bonchev–Trinajstić information content (AvgIpc) is 3.12. The predicted octanol–water partition coefficient (Wildman–Crippen LogP) is 3.48. The molecule has 2 aromatic rings. The van der Waals surface area contributed by atoms with Gasteiger partial charge in [-0.05, 0) is 24.1 Å². The third-order valence-electron chi connectivity index (χ3n) is 5.05. The number of anilines is 1. The van der Waals surface area contributed by atoms with Crippen LogP contribution < -0.4 is 4.90 Å². The minimum absolute atomic E-state index is 0.126. The van der Waals surface area contributed by atoms with Gasteiger partial charge in [-0.1, -0.05) is 36.4 Å². The molecule has 2 aromatic carbocycles. The van der Waals surface area contributed by atoms with E-state index in [2.05, 4.69) is 12.1 Å². The highest BCUT2D eigenvalue weighted by Gasteiger charge is 2.51. The quantitative estimate of drug-likeness (QED) is 0.738. The number of ether oxygens (including phenoxy) is 1. The van der Waals surface area contributed by atoms with E-state index in [1.807, 2.05) is 41.3 Å². The summed E-state index contributed by atoms with van der Waals surface area (Å²) in [7, 11) is 0. The molecule has 0 bridgehead atoms. The van der Waals surface area contributed by atoms with Crippen LogP contribution in [-0.2, 0) is 4.74 Å². The van der Waals surface area contributed by atoms with Crippen molar-refractivity contribution in [2.45, 2.75) is 18.6 Å². The molecular weight excluding hydrogens is 262 g/mol. The predicted molar refractivity (Wildman–Crippen MR) is 79.2 cm³/mol. The van der Waals surface area contributed by atoms with Crippen molar-refractivity contribution in [3.63, 3.8) is 0 Å². The minimum Gasteiger partial charge on any atom is -0.373 e. The fourth-order valence-electron chi connectivity index (χ4n) is 4.22. The number of para-hydroxylation sites is 1. The van der Waals surface area contributed by atoms with Gasteiger partial charge >= 0.3 is 0 Å². The summed E-state index contributed by atoms with van der Waals surface area (Å²) in [5, 5.41) is 0. The highest BCUT2D eigenvalue weighted by molar-refractivity contribution is 6.11. The first-order chi connectivity index (χ1) is 10.4. The number of carbonyl (C=O) groups is 1. The van der Waals surface area contributed by atoms with Crippen LogP contribution in [0.4, 0.5) is 5.69 Å². The van der Waals surface area contributed by atoms with E-state index in [4.69, 9.17) is 4.74 Å². The first-order valence-electron chi connectivity index (χ1n) is 7.49. The Bertz CT molecular complexity index is 754. The van der Waals surface area contributed by atoms with E-state index in [0.717, 1.165) is 35.4 Å². The second kappa shape index (κ2) is 3.95. The van der Waals surface area contributed by atoms with Gasteiger partial charge in [0.2, 0.25) is 0 Å². The molecule has 3 aliphatic rings. The van der Waals surface area contributed by atoms with E-state index in [-0.39, 0.29) is 18.1 Å².